The van der Waals surface area contributed by atoms with Crippen molar-refractivity contribution in [3.8, 4) is 0 Å². The first-order valence-electron chi connectivity index (χ1n) is 4.05. The van der Waals surface area contributed by atoms with Gasteiger partial charge < -0.3 is 5.21 Å². The van der Waals surface area contributed by atoms with E-state index in [1.54, 1.807) is 0 Å². The molecular formula is C8H8F3NO3S. The molecule has 0 unspecified atom stereocenters. The van der Waals surface area contributed by atoms with Gasteiger partial charge in [0.2, 0.25) is 10.0 Å². The summed E-state index contributed by atoms with van der Waals surface area (Å²) in [7, 11) is -4.15. The number of hydrogen-bond donors (Lipinski definition) is 2. The molecule has 0 aliphatic heterocycles. The van der Waals surface area contributed by atoms with Gasteiger partial charge in [0.1, 0.15) is 0 Å². The van der Waals surface area contributed by atoms with Gasteiger partial charge in [-0.15, -0.1) is 0 Å². The molecule has 16 heavy (non-hydrogen) atoms. The van der Waals surface area contributed by atoms with Crippen molar-refractivity contribution >= 4 is 10.0 Å². The van der Waals surface area contributed by atoms with E-state index in [4.69, 9.17) is 5.21 Å². The molecule has 0 aliphatic carbocycles. The Morgan fingerprint density at radius 3 is 2.31 bits per heavy atom. The van der Waals surface area contributed by atoms with Gasteiger partial charge >= 0.3 is 6.18 Å². The molecule has 0 heterocycles. The largest absolute Gasteiger partial charge is 0.416 e. The van der Waals surface area contributed by atoms with E-state index < -0.39 is 33.1 Å². The van der Waals surface area contributed by atoms with E-state index in [0.29, 0.717) is 0 Å². The van der Waals surface area contributed by atoms with Crippen LogP contribution in [0, 0.1) is 0 Å². The predicted octanol–water partition coefficient (Wildman–Crippen LogP) is 1.51. The standard InChI is InChI=1S/C8H8F3NO3S/c9-8(10,11)7-4-2-1-3-6(7)5-16(14,15)12-13/h1-4,12-13H,5H2. The Labute approximate surface area is 89.7 Å². The normalized spacial score (nSPS) is 12.8. The summed E-state index contributed by atoms with van der Waals surface area (Å²) in [5.74, 6) is -0.931. The van der Waals surface area contributed by atoms with E-state index in [2.05, 4.69) is 0 Å². The quantitative estimate of drug-likeness (QED) is 0.804. The molecule has 0 aliphatic rings. The molecule has 0 saturated carbocycles. The van der Waals surface area contributed by atoms with Crippen LogP contribution in [0.1, 0.15) is 11.1 Å². The zero-order valence-electron chi connectivity index (χ0n) is 7.82. The van der Waals surface area contributed by atoms with Crippen LogP contribution in [0.5, 0.6) is 0 Å². The minimum absolute atomic E-state index is 0.420. The van der Waals surface area contributed by atoms with Gasteiger partial charge in [-0.1, -0.05) is 23.1 Å². The number of alkyl halides is 3. The Balaban J connectivity index is 3.16. The van der Waals surface area contributed by atoms with E-state index in [9.17, 15) is 21.6 Å². The van der Waals surface area contributed by atoms with Crippen molar-refractivity contribution in [3.63, 3.8) is 0 Å². The van der Waals surface area contributed by atoms with E-state index in [1.165, 1.54) is 6.07 Å². The van der Waals surface area contributed by atoms with Crippen molar-refractivity contribution in [1.29, 1.82) is 0 Å². The summed E-state index contributed by atoms with van der Waals surface area (Å²) in [5.41, 5.74) is -1.45. The average molecular weight is 255 g/mol. The van der Waals surface area contributed by atoms with Crippen molar-refractivity contribution in [2.75, 3.05) is 0 Å². The Morgan fingerprint density at radius 1 is 1.25 bits per heavy atom. The third-order valence-electron chi connectivity index (χ3n) is 1.81. The van der Waals surface area contributed by atoms with Crippen molar-refractivity contribution in [2.45, 2.75) is 11.9 Å². The second-order valence-electron chi connectivity index (χ2n) is 3.01. The van der Waals surface area contributed by atoms with Crippen LogP contribution in [0.3, 0.4) is 0 Å². The first kappa shape index (κ1) is 12.9. The zero-order chi connectivity index (χ0) is 12.4. The minimum atomic E-state index is -4.62. The number of halogens is 3. The fourth-order valence-electron chi connectivity index (χ4n) is 1.16. The van der Waals surface area contributed by atoms with Crippen molar-refractivity contribution < 1.29 is 26.8 Å². The highest BCUT2D eigenvalue weighted by molar-refractivity contribution is 7.88. The molecule has 0 atom stereocenters. The van der Waals surface area contributed by atoms with Gasteiger partial charge in [-0.3, -0.25) is 0 Å². The summed E-state index contributed by atoms with van der Waals surface area (Å²) < 4.78 is 59.2. The average Bonchev–Trinajstić information content (AvgIpc) is 2.16. The zero-order valence-corrected chi connectivity index (χ0v) is 8.64. The van der Waals surface area contributed by atoms with Crippen LogP contribution in [0.2, 0.25) is 0 Å². The lowest BCUT2D eigenvalue weighted by molar-refractivity contribution is -0.138. The van der Waals surface area contributed by atoms with Gasteiger partial charge in [-0.05, 0) is 11.6 Å². The summed E-state index contributed by atoms with van der Waals surface area (Å²) in [5, 5.41) is 8.23. The Morgan fingerprint density at radius 2 is 1.81 bits per heavy atom. The Hall–Kier alpha value is -1.12. The highest BCUT2D eigenvalue weighted by atomic mass is 32.2. The van der Waals surface area contributed by atoms with Crippen molar-refractivity contribution in [2.24, 2.45) is 0 Å². The van der Waals surface area contributed by atoms with Crippen LogP contribution in [0.15, 0.2) is 24.3 Å². The number of benzene rings is 1. The summed E-state index contributed by atoms with van der Waals surface area (Å²) in [6.45, 7) is 0. The van der Waals surface area contributed by atoms with Gasteiger partial charge in [-0.25, -0.2) is 8.42 Å². The van der Waals surface area contributed by atoms with Crippen molar-refractivity contribution in [3.05, 3.63) is 35.4 Å². The maximum atomic E-state index is 12.4. The SMILES string of the molecule is O=S(=O)(Cc1ccccc1C(F)(F)F)NO. The van der Waals surface area contributed by atoms with E-state index in [-0.39, 0.29) is 0 Å². The van der Waals surface area contributed by atoms with Crippen molar-refractivity contribution in [1.82, 2.24) is 4.89 Å². The highest BCUT2D eigenvalue weighted by Gasteiger charge is 2.33. The third-order valence-corrected chi connectivity index (χ3v) is 2.78. The molecule has 1 aromatic rings. The molecule has 0 fully saturated rings. The van der Waals surface area contributed by atoms with E-state index in [1.807, 2.05) is 0 Å². The lowest BCUT2D eigenvalue weighted by atomic mass is 10.1. The Bertz CT molecular complexity index is 470. The second-order valence-corrected chi connectivity index (χ2v) is 4.71. The lowest BCUT2D eigenvalue weighted by Gasteiger charge is -2.11. The molecule has 0 saturated heterocycles. The maximum Gasteiger partial charge on any atom is 0.416 e. The van der Waals surface area contributed by atoms with Crippen LogP contribution in [0.4, 0.5) is 13.2 Å². The van der Waals surface area contributed by atoms with Crippen LogP contribution in [0.25, 0.3) is 0 Å². The topological polar surface area (TPSA) is 66.4 Å². The molecule has 0 amide bonds. The fraction of sp³-hybridized carbons (Fsp3) is 0.250. The smallest absolute Gasteiger partial charge is 0.302 e. The first-order chi connectivity index (χ1) is 7.26. The summed E-state index contributed by atoms with van der Waals surface area (Å²) in [6, 6.07) is 4.27. The van der Waals surface area contributed by atoms with E-state index >= 15 is 0 Å². The van der Waals surface area contributed by atoms with Gasteiger partial charge in [0.15, 0.2) is 0 Å². The number of nitrogens with one attached hydrogen (secondary N) is 1. The molecular weight excluding hydrogens is 247 g/mol. The monoisotopic (exact) mass is 255 g/mol. The Kier molecular flexibility index (Phi) is 3.56. The van der Waals surface area contributed by atoms with Gasteiger partial charge in [0.05, 0.1) is 11.3 Å². The molecule has 1 rings (SSSR count). The maximum absolute atomic E-state index is 12.4. The van der Waals surface area contributed by atoms with Gasteiger partial charge in [0, 0.05) is 0 Å². The molecule has 1 aromatic carbocycles. The molecule has 4 nitrogen and oxygen atoms in total. The first-order valence-corrected chi connectivity index (χ1v) is 5.70. The van der Waals surface area contributed by atoms with Gasteiger partial charge in [-0.2, -0.15) is 13.2 Å². The van der Waals surface area contributed by atoms with E-state index in [0.717, 1.165) is 23.1 Å². The summed E-state index contributed by atoms with van der Waals surface area (Å²) in [4.78, 5) is 0.973. The number of sulfonamides is 1. The molecule has 90 valence electrons. The second kappa shape index (κ2) is 4.40. The molecule has 0 bridgehead atoms. The van der Waals surface area contributed by atoms with Crippen LogP contribution in [-0.4, -0.2) is 13.6 Å². The molecule has 0 aromatic heterocycles. The lowest BCUT2D eigenvalue weighted by Crippen LogP contribution is -2.22. The highest BCUT2D eigenvalue weighted by Crippen LogP contribution is 2.32. The number of hydrogen-bond acceptors (Lipinski definition) is 3. The third kappa shape index (κ3) is 3.19. The predicted molar refractivity (Wildman–Crippen MR) is 49.0 cm³/mol. The molecule has 2 N–H and O–H groups in total. The van der Waals surface area contributed by atoms with Crippen LogP contribution in [-0.2, 0) is 22.0 Å². The molecule has 8 heteroatoms. The van der Waals surface area contributed by atoms with Gasteiger partial charge in [0.25, 0.3) is 0 Å². The number of rotatable bonds is 3. The molecule has 0 radical (unpaired) electrons. The molecule has 0 spiro atoms. The summed E-state index contributed by atoms with van der Waals surface area (Å²) in [6.07, 6.45) is -4.62. The minimum Gasteiger partial charge on any atom is -0.302 e. The van der Waals surface area contributed by atoms with Crippen LogP contribution < -0.4 is 4.89 Å². The van der Waals surface area contributed by atoms with Crippen LogP contribution >= 0.6 is 0 Å². The fourth-order valence-corrected chi connectivity index (χ4v) is 1.89. The summed E-state index contributed by atoms with van der Waals surface area (Å²) >= 11 is 0.